The van der Waals surface area contributed by atoms with Crippen molar-refractivity contribution >= 4 is 75.3 Å². The summed E-state index contributed by atoms with van der Waals surface area (Å²) >= 11 is 1.83. The fraction of sp³-hybridized carbons (Fsp3) is 0. The second-order valence-electron chi connectivity index (χ2n) is 16.0. The van der Waals surface area contributed by atoms with Gasteiger partial charge in [0.1, 0.15) is 11.2 Å². The molecule has 13 rings (SSSR count). The SMILES string of the molecule is c1ccc(-c2nc(-c3ccccc3)nc(-c3cccc(-c4ccc(-c5cc(-n6c7ccccc7c7ccccc76)cc6c5sc5ccc7c8ccccc8oc7c56)cc4)c3)n2)cc1. The monoisotopic (exact) mass is 822 g/mol. The van der Waals surface area contributed by atoms with Crippen LogP contribution in [0, 0.1) is 0 Å². The van der Waals surface area contributed by atoms with Gasteiger partial charge in [-0.1, -0.05) is 158 Å². The topological polar surface area (TPSA) is 56.7 Å². The molecule has 4 heterocycles. The van der Waals surface area contributed by atoms with Crippen LogP contribution in [0.2, 0.25) is 0 Å². The van der Waals surface area contributed by atoms with E-state index in [1.165, 1.54) is 42.2 Å². The number of benzene rings is 9. The number of thiophene rings is 1. The van der Waals surface area contributed by atoms with E-state index < -0.39 is 0 Å². The molecular weight excluding hydrogens is 789 g/mol. The average molecular weight is 823 g/mol. The summed E-state index contributed by atoms with van der Waals surface area (Å²) in [7, 11) is 0. The molecule has 0 saturated carbocycles. The highest BCUT2D eigenvalue weighted by molar-refractivity contribution is 7.26. The van der Waals surface area contributed by atoms with Crippen molar-refractivity contribution in [3.63, 3.8) is 0 Å². The minimum Gasteiger partial charge on any atom is -0.455 e. The first-order valence-corrected chi connectivity index (χ1v) is 21.9. The number of fused-ring (bicyclic) bond motifs is 10. The lowest BCUT2D eigenvalue weighted by atomic mass is 9.97. The molecule has 13 aromatic rings. The number of aromatic nitrogens is 4. The second kappa shape index (κ2) is 14.2. The number of furan rings is 1. The van der Waals surface area contributed by atoms with Crippen LogP contribution >= 0.6 is 11.3 Å². The predicted molar refractivity (Wildman–Crippen MR) is 262 cm³/mol. The Bertz CT molecular complexity index is 3790. The van der Waals surface area contributed by atoms with E-state index in [0.29, 0.717) is 17.5 Å². The van der Waals surface area contributed by atoms with Crippen LogP contribution in [-0.2, 0) is 0 Å². The van der Waals surface area contributed by atoms with Crippen molar-refractivity contribution in [2.45, 2.75) is 0 Å². The lowest BCUT2D eigenvalue weighted by molar-refractivity contribution is 0.673. The van der Waals surface area contributed by atoms with Gasteiger partial charge in [-0.2, -0.15) is 0 Å². The van der Waals surface area contributed by atoms with E-state index in [9.17, 15) is 0 Å². The highest BCUT2D eigenvalue weighted by Crippen LogP contribution is 2.47. The van der Waals surface area contributed by atoms with Crippen LogP contribution in [0.3, 0.4) is 0 Å². The van der Waals surface area contributed by atoms with E-state index in [4.69, 9.17) is 19.4 Å². The molecule has 0 radical (unpaired) electrons. The number of rotatable bonds is 6. The van der Waals surface area contributed by atoms with Gasteiger partial charge in [-0.25, -0.2) is 15.0 Å². The summed E-state index contributed by atoms with van der Waals surface area (Å²) in [4.78, 5) is 14.9. The lowest BCUT2D eigenvalue weighted by Gasteiger charge is -2.13. The van der Waals surface area contributed by atoms with Crippen molar-refractivity contribution in [3.05, 3.63) is 206 Å². The first-order valence-electron chi connectivity index (χ1n) is 21.1. The van der Waals surface area contributed by atoms with Crippen molar-refractivity contribution in [1.82, 2.24) is 19.5 Å². The molecule has 9 aromatic carbocycles. The molecule has 0 spiro atoms. The molecule has 63 heavy (non-hydrogen) atoms. The van der Waals surface area contributed by atoms with Crippen LogP contribution in [0.4, 0.5) is 0 Å². The van der Waals surface area contributed by atoms with Gasteiger partial charge >= 0.3 is 0 Å². The summed E-state index contributed by atoms with van der Waals surface area (Å²) < 4.78 is 11.6. The molecule has 0 N–H and O–H groups in total. The quantitative estimate of drug-likeness (QED) is 0.168. The van der Waals surface area contributed by atoms with Gasteiger partial charge in [-0.05, 0) is 65.2 Å². The summed E-state index contributed by atoms with van der Waals surface area (Å²) in [5.74, 6) is 1.92. The summed E-state index contributed by atoms with van der Waals surface area (Å²) in [5, 5.41) is 7.09. The number of para-hydroxylation sites is 3. The maximum atomic E-state index is 6.70. The Balaban J connectivity index is 0.972. The van der Waals surface area contributed by atoms with E-state index in [1.807, 2.05) is 78.1 Å². The molecule has 0 fully saturated rings. The van der Waals surface area contributed by atoms with Crippen molar-refractivity contribution in [2.24, 2.45) is 0 Å². The van der Waals surface area contributed by atoms with E-state index in [0.717, 1.165) is 66.4 Å². The van der Waals surface area contributed by atoms with Gasteiger partial charge in [0.05, 0.1) is 11.0 Å². The lowest BCUT2D eigenvalue weighted by Crippen LogP contribution is -2.00. The van der Waals surface area contributed by atoms with Crippen molar-refractivity contribution in [1.29, 1.82) is 0 Å². The minimum atomic E-state index is 0.633. The maximum absolute atomic E-state index is 6.70. The Labute approximate surface area is 365 Å². The van der Waals surface area contributed by atoms with E-state index >= 15 is 0 Å². The van der Waals surface area contributed by atoms with Gasteiger partial charge in [-0.3, -0.25) is 0 Å². The molecule has 0 unspecified atom stereocenters. The van der Waals surface area contributed by atoms with E-state index in [2.05, 4.69) is 144 Å². The van der Waals surface area contributed by atoms with Gasteiger partial charge in [0, 0.05) is 69.7 Å². The van der Waals surface area contributed by atoms with Crippen LogP contribution in [0.1, 0.15) is 0 Å². The third-order valence-electron chi connectivity index (χ3n) is 12.3. The van der Waals surface area contributed by atoms with Crippen molar-refractivity contribution in [2.75, 3.05) is 0 Å². The van der Waals surface area contributed by atoms with Crippen LogP contribution in [0.25, 0.3) is 126 Å². The highest BCUT2D eigenvalue weighted by atomic mass is 32.1. The molecule has 0 saturated heterocycles. The van der Waals surface area contributed by atoms with Crippen molar-refractivity contribution in [3.8, 4) is 62.1 Å². The van der Waals surface area contributed by atoms with Gasteiger partial charge in [0.2, 0.25) is 0 Å². The first kappa shape index (κ1) is 35.6. The average Bonchev–Trinajstić information content (AvgIpc) is 4.04. The number of nitrogens with zero attached hydrogens (tertiary/aromatic N) is 4. The normalized spacial score (nSPS) is 11.8. The molecule has 0 bridgehead atoms. The van der Waals surface area contributed by atoms with E-state index in [-0.39, 0.29) is 0 Å². The Kier molecular flexibility index (Phi) is 8.01. The van der Waals surface area contributed by atoms with Crippen LogP contribution in [0.15, 0.2) is 211 Å². The largest absolute Gasteiger partial charge is 0.455 e. The molecule has 6 heteroatoms. The van der Waals surface area contributed by atoms with Gasteiger partial charge in [0.25, 0.3) is 0 Å². The Morgan fingerprint density at radius 1 is 0.381 bits per heavy atom. The van der Waals surface area contributed by atoms with Gasteiger partial charge in [-0.15, -0.1) is 11.3 Å². The standard InChI is InChI=1S/C57H34N4OS/c1-3-14-37(15-4-1)55-58-56(38-16-5-2-6-17-38)60-57(59-55)40-19-13-18-39(32-40)35-26-28-36(29-27-35)46-33-41(61-48-23-10-7-20-42(48)43-21-8-11-24-49(43)61)34-47-52-51(63-54(46)47)31-30-45-44-22-9-12-25-50(44)62-53(45)52/h1-34H. The zero-order chi connectivity index (χ0) is 41.4. The molecule has 0 aliphatic carbocycles. The highest BCUT2D eigenvalue weighted by Gasteiger charge is 2.21. The molecule has 0 amide bonds. The summed E-state index contributed by atoms with van der Waals surface area (Å²) in [6, 6.07) is 72.7. The van der Waals surface area contributed by atoms with Gasteiger partial charge < -0.3 is 8.98 Å². The van der Waals surface area contributed by atoms with E-state index in [1.54, 1.807) is 0 Å². The Morgan fingerprint density at radius 2 is 0.937 bits per heavy atom. The van der Waals surface area contributed by atoms with Crippen LogP contribution in [-0.4, -0.2) is 19.5 Å². The zero-order valence-electron chi connectivity index (χ0n) is 33.7. The number of hydrogen-bond donors (Lipinski definition) is 0. The smallest absolute Gasteiger partial charge is 0.164 e. The number of hydrogen-bond acceptors (Lipinski definition) is 5. The van der Waals surface area contributed by atoms with Crippen molar-refractivity contribution < 1.29 is 4.42 Å². The minimum absolute atomic E-state index is 0.633. The first-order chi connectivity index (χ1) is 31.2. The van der Waals surface area contributed by atoms with Crippen LogP contribution < -0.4 is 0 Å². The third kappa shape index (κ3) is 5.80. The molecule has 0 aliphatic rings. The summed E-state index contributed by atoms with van der Waals surface area (Å²) in [6.45, 7) is 0. The second-order valence-corrected chi connectivity index (χ2v) is 17.0. The van der Waals surface area contributed by atoms with Crippen LogP contribution in [0.5, 0.6) is 0 Å². The van der Waals surface area contributed by atoms with Gasteiger partial charge in [0.15, 0.2) is 17.5 Å². The summed E-state index contributed by atoms with van der Waals surface area (Å²) in [5.41, 5.74) is 12.6. The zero-order valence-corrected chi connectivity index (χ0v) is 34.6. The molecule has 0 aliphatic heterocycles. The third-order valence-corrected chi connectivity index (χ3v) is 13.5. The molecule has 4 aromatic heterocycles. The fourth-order valence-corrected chi connectivity index (χ4v) is 10.5. The maximum Gasteiger partial charge on any atom is 0.164 e. The summed E-state index contributed by atoms with van der Waals surface area (Å²) in [6.07, 6.45) is 0. The predicted octanol–water partition coefficient (Wildman–Crippen LogP) is 15.6. The molecule has 5 nitrogen and oxygen atoms in total. The Morgan fingerprint density at radius 3 is 1.62 bits per heavy atom. The molecule has 0 atom stereocenters. The Hall–Kier alpha value is -8.19. The molecule has 294 valence electrons. The molecular formula is C57H34N4OS. The fourth-order valence-electron chi connectivity index (χ4n) is 9.29.